The Bertz CT molecular complexity index is 945. The number of benzene rings is 2. The van der Waals surface area contributed by atoms with Crippen molar-refractivity contribution in [3.8, 4) is 0 Å². The number of aryl methyl sites for hydroxylation is 2. The summed E-state index contributed by atoms with van der Waals surface area (Å²) in [7, 11) is -3.96. The molecule has 2 atom stereocenters. The lowest BCUT2D eigenvalue weighted by atomic mass is 10.0. The number of sulfonamides is 1. The molecule has 156 valence electrons. The Hall–Kier alpha value is -2.38. The zero-order chi connectivity index (χ0) is 21.1. The van der Waals surface area contributed by atoms with Gasteiger partial charge in [-0.3, -0.25) is 4.90 Å². The summed E-state index contributed by atoms with van der Waals surface area (Å²) < 4.78 is 33.6. The Morgan fingerprint density at radius 3 is 2.45 bits per heavy atom. The summed E-state index contributed by atoms with van der Waals surface area (Å²) in [6, 6.07) is 15.5. The van der Waals surface area contributed by atoms with E-state index in [1.807, 2.05) is 51.1 Å². The smallest absolute Gasteiger partial charge is 0.333 e. The lowest BCUT2D eigenvalue weighted by molar-refractivity contribution is -0.0542. The van der Waals surface area contributed by atoms with Gasteiger partial charge < -0.3 is 4.74 Å². The van der Waals surface area contributed by atoms with Crippen molar-refractivity contribution in [1.29, 1.82) is 0 Å². The van der Waals surface area contributed by atoms with E-state index in [1.165, 1.54) is 12.1 Å². The predicted molar refractivity (Wildman–Crippen MR) is 112 cm³/mol. The number of hydrogen-bond acceptors (Lipinski definition) is 4. The molecule has 1 fully saturated rings. The predicted octanol–water partition coefficient (Wildman–Crippen LogP) is 3.85. The van der Waals surface area contributed by atoms with Crippen LogP contribution in [0.25, 0.3) is 0 Å². The van der Waals surface area contributed by atoms with E-state index in [1.54, 1.807) is 17.0 Å². The van der Waals surface area contributed by atoms with Gasteiger partial charge in [-0.1, -0.05) is 55.0 Å². The topological polar surface area (TPSA) is 75.7 Å². The van der Waals surface area contributed by atoms with Crippen LogP contribution in [0.15, 0.2) is 59.5 Å². The number of carbonyl (C=O) groups is 1. The molecule has 0 aliphatic carbocycles. The number of amides is 2. The van der Waals surface area contributed by atoms with Gasteiger partial charge in [0, 0.05) is 0 Å². The number of rotatable bonds is 6. The molecule has 2 aromatic rings. The summed E-state index contributed by atoms with van der Waals surface area (Å²) in [5, 5.41) is 0. The maximum Gasteiger partial charge on any atom is 0.333 e. The van der Waals surface area contributed by atoms with Gasteiger partial charge in [-0.15, -0.1) is 0 Å². The van der Waals surface area contributed by atoms with Crippen molar-refractivity contribution in [2.24, 2.45) is 0 Å². The highest BCUT2D eigenvalue weighted by atomic mass is 32.2. The maximum absolute atomic E-state index is 13.1. The highest BCUT2D eigenvalue weighted by Gasteiger charge is 2.46. The van der Waals surface area contributed by atoms with E-state index >= 15 is 0 Å². The van der Waals surface area contributed by atoms with E-state index in [-0.39, 0.29) is 10.9 Å². The lowest BCUT2D eigenvalue weighted by Gasteiger charge is -2.36. The van der Waals surface area contributed by atoms with Crippen molar-refractivity contribution in [3.63, 3.8) is 0 Å². The molecule has 3 rings (SSSR count). The largest absolute Gasteiger partial charge is 0.354 e. The van der Waals surface area contributed by atoms with E-state index in [0.717, 1.165) is 17.5 Å². The van der Waals surface area contributed by atoms with Gasteiger partial charge in [-0.2, -0.15) is 0 Å². The Balaban J connectivity index is 1.78. The third-order valence-corrected chi connectivity index (χ3v) is 6.76. The van der Waals surface area contributed by atoms with Crippen molar-refractivity contribution < 1.29 is 17.9 Å². The summed E-state index contributed by atoms with van der Waals surface area (Å²) >= 11 is 0. The summed E-state index contributed by atoms with van der Waals surface area (Å²) in [4.78, 5) is 14.7. The SMILES string of the molecule is CCC1COC(C)(CCc2ccccc2)N1C(=O)NS(=O)(=O)c1ccc(C)cc1. The van der Waals surface area contributed by atoms with Crippen LogP contribution in [0.1, 0.15) is 37.8 Å². The van der Waals surface area contributed by atoms with Crippen LogP contribution in [0.2, 0.25) is 0 Å². The summed E-state index contributed by atoms with van der Waals surface area (Å²) in [5.74, 6) is 0. The van der Waals surface area contributed by atoms with E-state index < -0.39 is 21.8 Å². The first-order valence-corrected chi connectivity index (χ1v) is 11.3. The zero-order valence-corrected chi connectivity index (χ0v) is 17.9. The first-order chi connectivity index (χ1) is 13.7. The molecule has 0 spiro atoms. The van der Waals surface area contributed by atoms with Crippen molar-refractivity contribution in [2.75, 3.05) is 6.61 Å². The van der Waals surface area contributed by atoms with Gasteiger partial charge in [0.1, 0.15) is 5.72 Å². The van der Waals surface area contributed by atoms with Crippen LogP contribution in [0, 0.1) is 6.92 Å². The number of nitrogens with one attached hydrogen (secondary N) is 1. The quantitative estimate of drug-likeness (QED) is 0.776. The molecule has 6 nitrogen and oxygen atoms in total. The van der Waals surface area contributed by atoms with Crippen LogP contribution >= 0.6 is 0 Å². The second-order valence-corrected chi connectivity index (χ2v) is 9.31. The van der Waals surface area contributed by atoms with Crippen LogP contribution in [0.4, 0.5) is 4.79 Å². The fourth-order valence-corrected chi connectivity index (χ4v) is 4.58. The van der Waals surface area contributed by atoms with E-state index in [9.17, 15) is 13.2 Å². The van der Waals surface area contributed by atoms with Crippen LogP contribution in [0.5, 0.6) is 0 Å². The Kier molecular flexibility index (Phi) is 6.29. The molecule has 0 saturated carbocycles. The van der Waals surface area contributed by atoms with Crippen molar-refractivity contribution >= 4 is 16.1 Å². The molecular weight excluding hydrogens is 388 g/mol. The number of nitrogens with zero attached hydrogens (tertiary/aromatic N) is 1. The van der Waals surface area contributed by atoms with Crippen molar-refractivity contribution in [2.45, 2.75) is 56.7 Å². The summed E-state index contributed by atoms with van der Waals surface area (Å²) in [6.45, 7) is 6.08. The molecule has 0 radical (unpaired) electrons. The van der Waals surface area contributed by atoms with E-state index in [0.29, 0.717) is 19.4 Å². The Morgan fingerprint density at radius 1 is 1.17 bits per heavy atom. The van der Waals surface area contributed by atoms with Crippen LogP contribution in [-0.2, 0) is 21.2 Å². The fraction of sp³-hybridized carbons (Fsp3) is 0.409. The van der Waals surface area contributed by atoms with Gasteiger partial charge in [0.05, 0.1) is 17.5 Å². The second kappa shape index (κ2) is 8.55. The Labute approximate surface area is 172 Å². The van der Waals surface area contributed by atoms with Crippen molar-refractivity contribution in [3.05, 3.63) is 65.7 Å². The maximum atomic E-state index is 13.1. The van der Waals surface area contributed by atoms with Gasteiger partial charge >= 0.3 is 6.03 Å². The van der Waals surface area contributed by atoms with Gasteiger partial charge in [0.25, 0.3) is 10.0 Å². The number of carbonyl (C=O) groups excluding carboxylic acids is 1. The molecule has 1 aliphatic heterocycles. The van der Waals surface area contributed by atoms with Crippen LogP contribution in [0.3, 0.4) is 0 Å². The minimum Gasteiger partial charge on any atom is -0.354 e. The molecule has 1 aliphatic rings. The van der Waals surface area contributed by atoms with Gasteiger partial charge in [-0.05, 0) is 50.8 Å². The molecule has 0 bridgehead atoms. The van der Waals surface area contributed by atoms with E-state index in [2.05, 4.69) is 4.72 Å². The molecule has 29 heavy (non-hydrogen) atoms. The molecule has 0 aromatic heterocycles. The summed E-state index contributed by atoms with van der Waals surface area (Å²) in [6.07, 6.45) is 1.98. The first kappa shape index (κ1) is 21.3. The number of hydrogen-bond donors (Lipinski definition) is 1. The third kappa shape index (κ3) is 4.79. The highest BCUT2D eigenvalue weighted by Crippen LogP contribution is 2.33. The standard InChI is InChI=1S/C22H28N2O4S/c1-4-19-16-28-22(3,15-14-18-8-6-5-7-9-18)24(19)21(25)23-29(26,27)20-12-10-17(2)11-13-20/h5-13,19H,4,14-16H2,1-3H3,(H,23,25). The highest BCUT2D eigenvalue weighted by molar-refractivity contribution is 7.90. The normalized spacial score (nSPS) is 21.9. The lowest BCUT2D eigenvalue weighted by Crippen LogP contribution is -2.54. The van der Waals surface area contributed by atoms with Gasteiger partial charge in [0.2, 0.25) is 0 Å². The average molecular weight is 417 g/mol. The molecule has 2 aromatic carbocycles. The second-order valence-electron chi connectivity index (χ2n) is 7.63. The summed E-state index contributed by atoms with van der Waals surface area (Å²) in [5.41, 5.74) is 1.22. The minimum absolute atomic E-state index is 0.0654. The molecule has 2 amide bonds. The number of urea groups is 1. The monoisotopic (exact) mass is 416 g/mol. The molecule has 2 unspecified atom stereocenters. The van der Waals surface area contributed by atoms with E-state index in [4.69, 9.17) is 4.74 Å². The third-order valence-electron chi connectivity index (χ3n) is 5.42. The van der Waals surface area contributed by atoms with Crippen molar-refractivity contribution in [1.82, 2.24) is 9.62 Å². The molecule has 1 saturated heterocycles. The molecule has 7 heteroatoms. The van der Waals surface area contributed by atoms with Gasteiger partial charge in [-0.25, -0.2) is 17.9 Å². The Morgan fingerprint density at radius 2 is 1.83 bits per heavy atom. The fourth-order valence-electron chi connectivity index (χ4n) is 3.64. The zero-order valence-electron chi connectivity index (χ0n) is 17.1. The number of ether oxygens (including phenoxy) is 1. The van der Waals surface area contributed by atoms with Gasteiger partial charge in [0.15, 0.2) is 0 Å². The first-order valence-electron chi connectivity index (χ1n) is 9.86. The molecular formula is C22H28N2O4S. The molecule has 1 heterocycles. The molecule has 1 N–H and O–H groups in total. The minimum atomic E-state index is -3.96. The van der Waals surface area contributed by atoms with Crippen LogP contribution < -0.4 is 4.72 Å². The average Bonchev–Trinajstić information content (AvgIpc) is 3.04. The van der Waals surface area contributed by atoms with Crippen LogP contribution in [-0.4, -0.2) is 37.7 Å².